The lowest BCUT2D eigenvalue weighted by molar-refractivity contribution is -0.384. The molecule has 0 fully saturated rings. The van der Waals surface area contributed by atoms with Crippen LogP contribution in [0.4, 0.5) is 10.8 Å². The Morgan fingerprint density at radius 3 is 2.73 bits per heavy atom. The third-order valence-corrected chi connectivity index (χ3v) is 5.73. The van der Waals surface area contributed by atoms with Crippen LogP contribution >= 0.6 is 11.3 Å². The Balaban J connectivity index is 1.77. The van der Waals surface area contributed by atoms with Crippen LogP contribution in [0.1, 0.15) is 28.4 Å². The first-order chi connectivity index (χ1) is 14.5. The van der Waals surface area contributed by atoms with Gasteiger partial charge in [0, 0.05) is 30.1 Å². The summed E-state index contributed by atoms with van der Waals surface area (Å²) >= 11 is 1.43. The van der Waals surface area contributed by atoms with Gasteiger partial charge in [-0.15, -0.1) is 0 Å². The minimum absolute atomic E-state index is 0.126. The molecule has 4 aromatic rings. The van der Waals surface area contributed by atoms with Gasteiger partial charge in [-0.2, -0.15) is 0 Å². The molecule has 7 nitrogen and oxygen atoms in total. The summed E-state index contributed by atoms with van der Waals surface area (Å²) in [6.07, 6.45) is 4.27. The number of amides is 1. The van der Waals surface area contributed by atoms with Crippen LogP contribution < -0.4 is 4.90 Å². The maximum Gasteiger partial charge on any atom is 0.270 e. The smallest absolute Gasteiger partial charge is 0.270 e. The number of pyridine rings is 1. The van der Waals surface area contributed by atoms with Gasteiger partial charge in [0.1, 0.15) is 0 Å². The van der Waals surface area contributed by atoms with Crippen molar-refractivity contribution in [2.45, 2.75) is 19.9 Å². The minimum Gasteiger partial charge on any atom is -0.279 e. The van der Waals surface area contributed by atoms with Crippen molar-refractivity contribution in [3.63, 3.8) is 0 Å². The van der Waals surface area contributed by atoms with Gasteiger partial charge in [0.25, 0.3) is 11.6 Å². The van der Waals surface area contributed by atoms with E-state index >= 15 is 0 Å². The highest BCUT2D eigenvalue weighted by Gasteiger charge is 2.23. The molecule has 0 unspecified atom stereocenters. The van der Waals surface area contributed by atoms with Crippen LogP contribution in [0.25, 0.3) is 10.2 Å². The van der Waals surface area contributed by atoms with E-state index in [9.17, 15) is 14.9 Å². The van der Waals surface area contributed by atoms with Gasteiger partial charge < -0.3 is 0 Å². The van der Waals surface area contributed by atoms with E-state index in [4.69, 9.17) is 0 Å². The van der Waals surface area contributed by atoms with Crippen LogP contribution in [0.15, 0.2) is 67.0 Å². The highest BCUT2D eigenvalue weighted by atomic mass is 32.1. The molecule has 0 aliphatic rings. The van der Waals surface area contributed by atoms with Crippen molar-refractivity contribution >= 4 is 38.3 Å². The molecule has 0 bridgehead atoms. The fourth-order valence-electron chi connectivity index (χ4n) is 3.10. The van der Waals surface area contributed by atoms with Crippen LogP contribution in [0.3, 0.4) is 0 Å². The van der Waals surface area contributed by atoms with E-state index < -0.39 is 4.92 Å². The first-order valence-electron chi connectivity index (χ1n) is 9.40. The number of hydrogen-bond acceptors (Lipinski definition) is 6. The number of hydrogen-bond donors (Lipinski definition) is 0. The summed E-state index contributed by atoms with van der Waals surface area (Å²) in [5.74, 6) is -0.350. The Kier molecular flexibility index (Phi) is 5.49. The molecule has 0 aliphatic heterocycles. The molecule has 0 radical (unpaired) electrons. The van der Waals surface area contributed by atoms with E-state index in [1.165, 1.54) is 35.1 Å². The lowest BCUT2D eigenvalue weighted by Crippen LogP contribution is -2.30. The highest BCUT2D eigenvalue weighted by Crippen LogP contribution is 2.32. The number of aromatic nitrogens is 2. The van der Waals surface area contributed by atoms with E-state index in [2.05, 4.69) is 23.0 Å². The normalized spacial score (nSPS) is 10.8. The molecule has 1 amide bonds. The molecular formula is C22H18N4O3S. The largest absolute Gasteiger partial charge is 0.279 e. The van der Waals surface area contributed by atoms with Gasteiger partial charge in [0.05, 0.1) is 21.7 Å². The van der Waals surface area contributed by atoms with Crippen molar-refractivity contribution in [1.82, 2.24) is 9.97 Å². The second-order valence-corrected chi connectivity index (χ2v) is 7.72. The second kappa shape index (κ2) is 8.38. The van der Waals surface area contributed by atoms with Crippen molar-refractivity contribution in [1.29, 1.82) is 0 Å². The first kappa shape index (κ1) is 19.7. The number of nitrogens with zero attached hydrogens (tertiary/aromatic N) is 4. The summed E-state index contributed by atoms with van der Waals surface area (Å²) in [6, 6.07) is 15.5. The fourth-order valence-corrected chi connectivity index (χ4v) is 4.13. The van der Waals surface area contributed by atoms with Gasteiger partial charge in [0.2, 0.25) is 0 Å². The van der Waals surface area contributed by atoms with Gasteiger partial charge >= 0.3 is 0 Å². The van der Waals surface area contributed by atoms with Crippen molar-refractivity contribution in [3.8, 4) is 0 Å². The molecule has 0 aliphatic carbocycles. The van der Waals surface area contributed by atoms with E-state index in [0.29, 0.717) is 5.13 Å². The number of carbonyl (C=O) groups is 1. The third-order valence-electron chi connectivity index (χ3n) is 4.69. The molecule has 0 saturated carbocycles. The molecule has 2 aromatic carbocycles. The monoisotopic (exact) mass is 418 g/mol. The number of thiazole rings is 1. The molecule has 2 heterocycles. The predicted octanol–water partition coefficient (Wildman–Crippen LogP) is 5.01. The summed E-state index contributed by atoms with van der Waals surface area (Å²) in [4.78, 5) is 34.3. The summed E-state index contributed by atoms with van der Waals surface area (Å²) in [7, 11) is 0. The molecule has 150 valence electrons. The number of aryl methyl sites for hydroxylation is 1. The molecule has 8 heteroatoms. The van der Waals surface area contributed by atoms with Crippen LogP contribution in [0, 0.1) is 10.1 Å². The zero-order chi connectivity index (χ0) is 21.1. The first-order valence-corrected chi connectivity index (χ1v) is 10.2. The Bertz CT molecular complexity index is 1220. The number of nitro benzene ring substituents is 1. The molecule has 0 atom stereocenters. The number of carbonyl (C=O) groups excluding carboxylic acids is 1. The summed E-state index contributed by atoms with van der Waals surface area (Å²) in [6.45, 7) is 2.35. The van der Waals surface area contributed by atoms with Gasteiger partial charge in [-0.1, -0.05) is 36.5 Å². The summed E-state index contributed by atoms with van der Waals surface area (Å²) in [5, 5.41) is 11.7. The van der Waals surface area contributed by atoms with Crippen molar-refractivity contribution in [2.24, 2.45) is 0 Å². The SMILES string of the molecule is CCc1ccc2nc(N(Cc3cccnc3)C(=O)c3cccc([N+](=O)[O-])c3)sc2c1. The Morgan fingerprint density at radius 1 is 1.13 bits per heavy atom. The average Bonchev–Trinajstić information content (AvgIpc) is 3.20. The topological polar surface area (TPSA) is 89.2 Å². The average molecular weight is 418 g/mol. The number of nitro groups is 1. The number of non-ortho nitro benzene ring substituents is 1. The summed E-state index contributed by atoms with van der Waals surface area (Å²) in [5.41, 5.74) is 2.96. The number of benzene rings is 2. The highest BCUT2D eigenvalue weighted by molar-refractivity contribution is 7.22. The second-order valence-electron chi connectivity index (χ2n) is 6.71. The van der Waals surface area contributed by atoms with Crippen LogP contribution in [0.2, 0.25) is 0 Å². The van der Waals surface area contributed by atoms with Gasteiger partial charge in [-0.25, -0.2) is 4.98 Å². The molecule has 2 aromatic heterocycles. The van der Waals surface area contributed by atoms with Crippen molar-refractivity contribution in [3.05, 3.63) is 93.8 Å². The van der Waals surface area contributed by atoms with Crippen molar-refractivity contribution < 1.29 is 9.72 Å². The molecule has 0 saturated heterocycles. The van der Waals surface area contributed by atoms with E-state index in [1.54, 1.807) is 29.4 Å². The lowest BCUT2D eigenvalue weighted by Gasteiger charge is -2.20. The quantitative estimate of drug-likeness (QED) is 0.324. The Labute approximate surface area is 176 Å². The lowest BCUT2D eigenvalue weighted by atomic mass is 10.1. The Morgan fingerprint density at radius 2 is 2.00 bits per heavy atom. The van der Waals surface area contributed by atoms with E-state index in [-0.39, 0.29) is 23.7 Å². The van der Waals surface area contributed by atoms with Crippen LogP contribution in [-0.2, 0) is 13.0 Å². The summed E-state index contributed by atoms with van der Waals surface area (Å²) < 4.78 is 0.993. The molecule has 30 heavy (non-hydrogen) atoms. The zero-order valence-corrected chi connectivity index (χ0v) is 17.0. The van der Waals surface area contributed by atoms with Gasteiger partial charge in [0.15, 0.2) is 5.13 Å². The molecule has 4 rings (SSSR count). The van der Waals surface area contributed by atoms with Crippen LogP contribution in [-0.4, -0.2) is 20.8 Å². The van der Waals surface area contributed by atoms with Crippen molar-refractivity contribution in [2.75, 3.05) is 4.90 Å². The number of anilines is 1. The maximum atomic E-state index is 13.4. The van der Waals surface area contributed by atoms with E-state index in [0.717, 1.165) is 22.2 Å². The number of fused-ring (bicyclic) bond motifs is 1. The maximum absolute atomic E-state index is 13.4. The van der Waals surface area contributed by atoms with Gasteiger partial charge in [-0.05, 0) is 41.8 Å². The molecule has 0 N–H and O–H groups in total. The third kappa shape index (κ3) is 4.04. The predicted molar refractivity (Wildman–Crippen MR) is 117 cm³/mol. The zero-order valence-electron chi connectivity index (χ0n) is 16.2. The minimum atomic E-state index is -0.508. The molecular weight excluding hydrogens is 400 g/mol. The van der Waals surface area contributed by atoms with Gasteiger partial charge in [-0.3, -0.25) is 24.8 Å². The number of rotatable bonds is 6. The fraction of sp³-hybridized carbons (Fsp3) is 0.136. The van der Waals surface area contributed by atoms with E-state index in [1.807, 2.05) is 18.2 Å². The Hall–Kier alpha value is -3.65. The standard InChI is InChI=1S/C22H18N4O3S/c1-2-15-8-9-19-20(11-15)30-22(24-19)25(14-16-5-4-10-23-13-16)21(27)17-6-3-7-18(12-17)26(28)29/h3-13H,2,14H2,1H3. The van der Waals surface area contributed by atoms with Crippen LogP contribution in [0.5, 0.6) is 0 Å². The molecule has 0 spiro atoms.